The minimum atomic E-state index is -1.25. The summed E-state index contributed by atoms with van der Waals surface area (Å²) in [5, 5.41) is 11.4. The van der Waals surface area contributed by atoms with Crippen molar-refractivity contribution >= 4 is 17.6 Å². The van der Waals surface area contributed by atoms with Crippen LogP contribution in [0.15, 0.2) is 30.6 Å². The Kier molecular flexibility index (Phi) is 3.30. The van der Waals surface area contributed by atoms with E-state index >= 15 is 0 Å². The van der Waals surface area contributed by atoms with Gasteiger partial charge in [0.15, 0.2) is 11.4 Å². The van der Waals surface area contributed by atoms with Crippen LogP contribution < -0.4 is 5.32 Å². The molecular formula is C13H9N3O3. The summed E-state index contributed by atoms with van der Waals surface area (Å²) in [6.45, 7) is 0. The van der Waals surface area contributed by atoms with E-state index in [2.05, 4.69) is 21.2 Å². The molecule has 94 valence electrons. The zero-order valence-electron chi connectivity index (χ0n) is 9.68. The minimum Gasteiger partial charge on any atom is -0.477 e. The molecule has 0 aliphatic heterocycles. The van der Waals surface area contributed by atoms with Crippen molar-refractivity contribution in [3.8, 4) is 12.3 Å². The first-order chi connectivity index (χ1) is 9.11. The summed E-state index contributed by atoms with van der Waals surface area (Å²) in [7, 11) is 0. The maximum atomic E-state index is 11.9. The minimum absolute atomic E-state index is 0.182. The number of carboxylic acid groups (broad SMARTS) is 1. The summed E-state index contributed by atoms with van der Waals surface area (Å²) in [5.41, 5.74) is 0.641. The Hall–Kier alpha value is -3.07. The molecule has 6 nitrogen and oxygen atoms in total. The van der Waals surface area contributed by atoms with Crippen LogP contribution in [0.5, 0.6) is 0 Å². The number of hydrogen-bond acceptors (Lipinski definition) is 3. The van der Waals surface area contributed by atoms with Gasteiger partial charge in [0.2, 0.25) is 0 Å². The highest BCUT2D eigenvalue weighted by molar-refractivity contribution is 6.08. The lowest BCUT2D eigenvalue weighted by Gasteiger charge is -2.04. The maximum Gasteiger partial charge on any atom is 0.354 e. The second kappa shape index (κ2) is 5.06. The molecule has 0 bridgehead atoms. The average Bonchev–Trinajstić information content (AvgIpc) is 2.88. The van der Waals surface area contributed by atoms with E-state index < -0.39 is 11.9 Å². The fourth-order valence-electron chi connectivity index (χ4n) is 1.51. The van der Waals surface area contributed by atoms with Crippen molar-refractivity contribution in [3.63, 3.8) is 0 Å². The van der Waals surface area contributed by atoms with E-state index in [1.807, 2.05) is 0 Å². The van der Waals surface area contributed by atoms with Crippen molar-refractivity contribution in [2.24, 2.45) is 0 Å². The third kappa shape index (κ3) is 2.61. The fraction of sp³-hybridized carbons (Fsp3) is 0. The maximum absolute atomic E-state index is 11.9. The first-order valence-electron chi connectivity index (χ1n) is 5.26. The normalized spacial score (nSPS) is 9.63. The summed E-state index contributed by atoms with van der Waals surface area (Å²) in [6, 6.07) is 6.65. The molecule has 0 radical (unpaired) electrons. The number of carbonyl (C=O) groups is 2. The van der Waals surface area contributed by atoms with Crippen molar-refractivity contribution in [2.75, 3.05) is 5.32 Å². The molecule has 0 atom stereocenters. The van der Waals surface area contributed by atoms with Gasteiger partial charge in [-0.15, -0.1) is 6.42 Å². The third-order valence-electron chi connectivity index (χ3n) is 2.36. The second-order valence-corrected chi connectivity index (χ2v) is 3.61. The van der Waals surface area contributed by atoms with E-state index in [4.69, 9.17) is 11.5 Å². The van der Waals surface area contributed by atoms with E-state index in [1.54, 1.807) is 24.3 Å². The molecule has 1 aromatic carbocycles. The Labute approximate surface area is 108 Å². The number of aromatic carboxylic acids is 1. The molecule has 3 N–H and O–H groups in total. The number of rotatable bonds is 3. The van der Waals surface area contributed by atoms with Crippen molar-refractivity contribution in [1.29, 1.82) is 0 Å². The number of terminal acetylenes is 1. The Balaban J connectivity index is 2.24. The molecule has 0 aliphatic rings. The number of carbonyl (C=O) groups excluding carboxylic acids is 1. The van der Waals surface area contributed by atoms with Crippen LogP contribution in [0.25, 0.3) is 0 Å². The smallest absolute Gasteiger partial charge is 0.354 e. The van der Waals surface area contributed by atoms with Gasteiger partial charge in [-0.25, -0.2) is 9.78 Å². The number of amides is 1. The molecule has 0 spiro atoms. The van der Waals surface area contributed by atoms with Crippen molar-refractivity contribution in [2.45, 2.75) is 0 Å². The molecule has 19 heavy (non-hydrogen) atoms. The lowest BCUT2D eigenvalue weighted by Crippen LogP contribution is -2.16. The van der Waals surface area contributed by atoms with Gasteiger partial charge in [0.25, 0.3) is 5.91 Å². The average molecular weight is 255 g/mol. The van der Waals surface area contributed by atoms with Crippen LogP contribution >= 0.6 is 0 Å². The Morgan fingerprint density at radius 2 is 2.21 bits per heavy atom. The van der Waals surface area contributed by atoms with E-state index in [0.717, 1.165) is 6.33 Å². The highest BCUT2D eigenvalue weighted by Crippen LogP contribution is 2.12. The van der Waals surface area contributed by atoms with E-state index in [9.17, 15) is 9.59 Å². The van der Waals surface area contributed by atoms with Crippen LogP contribution in [0.2, 0.25) is 0 Å². The van der Waals surface area contributed by atoms with Crippen LogP contribution in [0, 0.1) is 12.3 Å². The number of nitrogens with zero attached hydrogens (tertiary/aromatic N) is 1. The van der Waals surface area contributed by atoms with Crippen LogP contribution in [0.3, 0.4) is 0 Å². The first kappa shape index (κ1) is 12.4. The van der Waals surface area contributed by atoms with Crippen molar-refractivity contribution in [1.82, 2.24) is 9.97 Å². The number of aromatic amines is 1. The molecule has 6 heteroatoms. The summed E-state index contributed by atoms with van der Waals surface area (Å²) >= 11 is 0. The van der Waals surface area contributed by atoms with Gasteiger partial charge in [-0.2, -0.15) is 0 Å². The summed E-state index contributed by atoms with van der Waals surface area (Å²) in [5.74, 6) is 0.570. The number of nitrogens with one attached hydrogen (secondary N) is 2. The van der Waals surface area contributed by atoms with E-state index in [0.29, 0.717) is 11.3 Å². The quantitative estimate of drug-likeness (QED) is 0.721. The standard InChI is InChI=1S/C13H9N3O3/c1-2-8-4-3-5-9(6-8)16-12(17)10-11(13(18)19)15-7-14-10/h1,3-7H,(H,14,15)(H,16,17)(H,18,19). The largest absolute Gasteiger partial charge is 0.477 e. The van der Waals surface area contributed by atoms with Gasteiger partial charge in [-0.1, -0.05) is 12.0 Å². The number of imidazole rings is 1. The third-order valence-corrected chi connectivity index (χ3v) is 2.36. The van der Waals surface area contributed by atoms with Crippen molar-refractivity contribution < 1.29 is 14.7 Å². The predicted octanol–water partition coefficient (Wildman–Crippen LogP) is 1.34. The monoisotopic (exact) mass is 255 g/mol. The van der Waals surface area contributed by atoms with Gasteiger partial charge in [0.1, 0.15) is 0 Å². The highest BCUT2D eigenvalue weighted by atomic mass is 16.4. The molecule has 1 heterocycles. The van der Waals surface area contributed by atoms with Gasteiger partial charge in [0.05, 0.1) is 6.33 Å². The molecule has 0 aliphatic carbocycles. The molecule has 0 unspecified atom stereocenters. The SMILES string of the molecule is C#Cc1cccc(NC(=O)c2nc[nH]c2C(=O)O)c1. The van der Waals surface area contributed by atoms with Gasteiger partial charge in [-0.3, -0.25) is 4.79 Å². The number of benzene rings is 1. The number of H-pyrrole nitrogens is 1. The van der Waals surface area contributed by atoms with Gasteiger partial charge < -0.3 is 15.4 Å². The number of hydrogen-bond donors (Lipinski definition) is 3. The zero-order valence-corrected chi connectivity index (χ0v) is 9.68. The van der Waals surface area contributed by atoms with Crippen LogP contribution in [0.1, 0.15) is 26.5 Å². The van der Waals surface area contributed by atoms with E-state index in [-0.39, 0.29) is 11.4 Å². The van der Waals surface area contributed by atoms with Crippen molar-refractivity contribution in [3.05, 3.63) is 47.5 Å². The highest BCUT2D eigenvalue weighted by Gasteiger charge is 2.19. The number of aromatic nitrogens is 2. The lowest BCUT2D eigenvalue weighted by atomic mass is 10.2. The molecule has 0 saturated carbocycles. The summed E-state index contributed by atoms with van der Waals surface area (Å²) < 4.78 is 0. The topological polar surface area (TPSA) is 95.1 Å². The summed E-state index contributed by atoms with van der Waals surface area (Å²) in [6.07, 6.45) is 6.40. The molecule has 1 amide bonds. The zero-order chi connectivity index (χ0) is 13.8. The van der Waals surface area contributed by atoms with E-state index in [1.165, 1.54) is 0 Å². The molecule has 2 rings (SSSR count). The Morgan fingerprint density at radius 1 is 1.42 bits per heavy atom. The van der Waals surface area contributed by atoms with Gasteiger partial charge in [0, 0.05) is 11.3 Å². The lowest BCUT2D eigenvalue weighted by molar-refractivity contribution is 0.0686. The molecule has 0 fully saturated rings. The van der Waals surface area contributed by atoms with Crippen LogP contribution in [-0.4, -0.2) is 27.0 Å². The Bertz CT molecular complexity index is 682. The van der Waals surface area contributed by atoms with Crippen LogP contribution in [0.4, 0.5) is 5.69 Å². The van der Waals surface area contributed by atoms with Gasteiger partial charge >= 0.3 is 5.97 Å². The second-order valence-electron chi connectivity index (χ2n) is 3.61. The van der Waals surface area contributed by atoms with Crippen LogP contribution in [-0.2, 0) is 0 Å². The number of anilines is 1. The molecule has 2 aromatic rings. The predicted molar refractivity (Wildman–Crippen MR) is 67.9 cm³/mol. The van der Waals surface area contributed by atoms with Gasteiger partial charge in [-0.05, 0) is 18.2 Å². The first-order valence-corrected chi connectivity index (χ1v) is 5.26. The fourth-order valence-corrected chi connectivity index (χ4v) is 1.51. The number of carboxylic acids is 1. The summed E-state index contributed by atoms with van der Waals surface area (Å²) in [4.78, 5) is 28.8. The molecule has 1 aromatic heterocycles. The molecular weight excluding hydrogens is 246 g/mol. The molecule has 0 saturated heterocycles. The Morgan fingerprint density at radius 3 is 2.89 bits per heavy atom.